The summed E-state index contributed by atoms with van der Waals surface area (Å²) in [7, 11) is 0. The van der Waals surface area contributed by atoms with Crippen LogP contribution in [-0.4, -0.2) is 59.0 Å². The van der Waals surface area contributed by atoms with Gasteiger partial charge in [0.05, 0.1) is 19.3 Å². The Morgan fingerprint density at radius 2 is 1.92 bits per heavy atom. The van der Waals surface area contributed by atoms with Gasteiger partial charge in [-0.1, -0.05) is 24.3 Å². The number of nitrogens with zero attached hydrogens (tertiary/aromatic N) is 3. The zero-order chi connectivity index (χ0) is 27.8. The highest BCUT2D eigenvalue weighted by Gasteiger charge is 2.24. The van der Waals surface area contributed by atoms with E-state index < -0.39 is 18.5 Å². The van der Waals surface area contributed by atoms with E-state index in [0.29, 0.717) is 39.1 Å². The van der Waals surface area contributed by atoms with Crippen LogP contribution >= 0.6 is 0 Å². The first kappa shape index (κ1) is 27.7. The number of amides is 3. The molecule has 1 aliphatic rings. The van der Waals surface area contributed by atoms with Crippen LogP contribution in [0, 0.1) is 13.8 Å². The Morgan fingerprint density at radius 1 is 1.10 bits per heavy atom. The molecule has 0 atom stereocenters. The predicted molar refractivity (Wildman–Crippen MR) is 148 cm³/mol. The summed E-state index contributed by atoms with van der Waals surface area (Å²) in [6.45, 7) is 5.59. The molecule has 1 aromatic heterocycles. The third kappa shape index (κ3) is 7.16. The van der Waals surface area contributed by atoms with Gasteiger partial charge in [-0.15, -0.1) is 0 Å². The molecule has 2 aromatic carbocycles. The topological polar surface area (TPSA) is 126 Å². The lowest BCUT2D eigenvalue weighted by Gasteiger charge is -2.31. The Balaban J connectivity index is 1.34. The third-order valence-electron chi connectivity index (χ3n) is 6.87. The van der Waals surface area contributed by atoms with Crippen molar-refractivity contribution in [1.82, 2.24) is 20.4 Å². The highest BCUT2D eigenvalue weighted by atomic mass is 16.5. The average molecular weight is 534 g/mol. The van der Waals surface area contributed by atoms with Crippen LogP contribution in [0.1, 0.15) is 36.0 Å². The Kier molecular flexibility index (Phi) is 9.19. The predicted octanol–water partition coefficient (Wildman–Crippen LogP) is 3.69. The van der Waals surface area contributed by atoms with Crippen LogP contribution < -0.4 is 20.3 Å². The fourth-order valence-corrected chi connectivity index (χ4v) is 4.70. The van der Waals surface area contributed by atoms with E-state index in [1.165, 1.54) is 5.56 Å². The molecule has 0 radical (unpaired) electrons. The van der Waals surface area contributed by atoms with Gasteiger partial charge in [-0.05, 0) is 67.5 Å². The smallest absolute Gasteiger partial charge is 0.323 e. The molecule has 0 unspecified atom stereocenters. The Labute approximate surface area is 228 Å². The number of ether oxygens (including phenoxy) is 1. The molecule has 0 saturated heterocycles. The van der Waals surface area contributed by atoms with Crippen molar-refractivity contribution in [3.05, 3.63) is 65.5 Å². The second kappa shape index (κ2) is 12.9. The Bertz CT molecular complexity index is 1340. The lowest BCUT2D eigenvalue weighted by atomic mass is 9.93. The Morgan fingerprint density at radius 3 is 2.74 bits per heavy atom. The maximum absolute atomic E-state index is 13.2. The fourth-order valence-electron chi connectivity index (χ4n) is 4.70. The van der Waals surface area contributed by atoms with Crippen LogP contribution in [0.25, 0.3) is 11.1 Å². The number of carboxylic acids is 1. The van der Waals surface area contributed by atoms with Crippen LogP contribution in [0.2, 0.25) is 0 Å². The lowest BCUT2D eigenvalue weighted by molar-refractivity contribution is -0.135. The zero-order valence-corrected chi connectivity index (χ0v) is 22.4. The van der Waals surface area contributed by atoms with Crippen LogP contribution in [0.3, 0.4) is 0 Å². The van der Waals surface area contributed by atoms with E-state index in [9.17, 15) is 14.4 Å². The molecular formula is C29H35N5O5. The summed E-state index contributed by atoms with van der Waals surface area (Å²) < 4.78 is 7.67. The highest BCUT2D eigenvalue weighted by Crippen LogP contribution is 2.35. The summed E-state index contributed by atoms with van der Waals surface area (Å²) in [5.74, 6) is -0.135. The number of fused-ring (bicyclic) bond motifs is 1. The van der Waals surface area contributed by atoms with E-state index in [2.05, 4.69) is 28.7 Å². The molecule has 206 valence electrons. The number of nitrogens with one attached hydrogen (secondary N) is 2. The third-order valence-corrected chi connectivity index (χ3v) is 6.87. The first-order chi connectivity index (χ1) is 18.8. The zero-order valence-electron chi connectivity index (χ0n) is 22.4. The molecule has 0 aliphatic carbocycles. The summed E-state index contributed by atoms with van der Waals surface area (Å²) in [6.07, 6.45) is 6.52. The molecule has 1 aliphatic heterocycles. The van der Waals surface area contributed by atoms with Gasteiger partial charge >= 0.3 is 12.0 Å². The number of rotatable bonds is 11. The number of carboxylic acid groups (broad SMARTS) is 1. The summed E-state index contributed by atoms with van der Waals surface area (Å²) in [5.41, 5.74) is 6.38. The minimum absolute atomic E-state index is 0.0978. The van der Waals surface area contributed by atoms with Gasteiger partial charge in [-0.2, -0.15) is 5.10 Å². The van der Waals surface area contributed by atoms with Gasteiger partial charge in [0.15, 0.2) is 0 Å². The van der Waals surface area contributed by atoms with E-state index >= 15 is 0 Å². The molecule has 4 rings (SSSR count). The van der Waals surface area contributed by atoms with Gasteiger partial charge in [-0.25, -0.2) is 4.79 Å². The molecular weight excluding hydrogens is 498 g/mol. The number of aromatic nitrogens is 2. The molecule has 3 amide bonds. The quantitative estimate of drug-likeness (QED) is 0.323. The highest BCUT2D eigenvalue weighted by molar-refractivity contribution is 5.96. The van der Waals surface area contributed by atoms with Crippen molar-refractivity contribution >= 4 is 23.6 Å². The van der Waals surface area contributed by atoms with Gasteiger partial charge in [0, 0.05) is 37.0 Å². The SMILES string of the molecule is Cc1cccc(OCCCC(=O)N2CCCc3c(-c4cnn(CCNC(=O)NCC(=O)O)c4)cccc32)c1C. The minimum atomic E-state index is -1.10. The van der Waals surface area contributed by atoms with Gasteiger partial charge in [0.1, 0.15) is 12.3 Å². The number of carbonyl (C=O) groups excluding carboxylic acids is 2. The maximum Gasteiger partial charge on any atom is 0.323 e. The largest absolute Gasteiger partial charge is 0.493 e. The van der Waals surface area contributed by atoms with E-state index in [-0.39, 0.29) is 5.91 Å². The van der Waals surface area contributed by atoms with E-state index in [1.807, 2.05) is 48.4 Å². The molecule has 0 fully saturated rings. The minimum Gasteiger partial charge on any atom is -0.493 e. The standard InChI is InChI=1S/C29H35N5O5/c1-20-7-3-11-26(21(20)2)39-16-6-12-27(35)34-14-5-9-24-23(8-4-10-25(24)34)22-17-32-33(19-22)15-13-30-29(38)31-18-28(36)37/h3-4,7-8,10-11,17,19H,5-6,9,12-16,18H2,1-2H3,(H,36,37)(H2,30,31,38). The molecule has 10 nitrogen and oxygen atoms in total. The monoisotopic (exact) mass is 533 g/mol. The second-order valence-electron chi connectivity index (χ2n) is 9.60. The number of anilines is 1. The fraction of sp³-hybridized carbons (Fsp3) is 0.379. The van der Waals surface area contributed by atoms with Gasteiger partial charge in [0.2, 0.25) is 5.91 Å². The van der Waals surface area contributed by atoms with Gasteiger partial charge < -0.3 is 25.4 Å². The number of aryl methyl sites for hydroxylation is 1. The molecule has 3 aromatic rings. The van der Waals surface area contributed by atoms with Crippen LogP contribution in [0.15, 0.2) is 48.8 Å². The van der Waals surface area contributed by atoms with E-state index in [1.54, 1.807) is 10.9 Å². The number of hydrogen-bond donors (Lipinski definition) is 3. The van der Waals surface area contributed by atoms with Crippen LogP contribution in [-0.2, 0) is 22.6 Å². The first-order valence-electron chi connectivity index (χ1n) is 13.2. The lowest BCUT2D eigenvalue weighted by Crippen LogP contribution is -2.39. The summed E-state index contributed by atoms with van der Waals surface area (Å²) >= 11 is 0. The normalized spacial score (nSPS) is 12.5. The van der Waals surface area contributed by atoms with Crippen molar-refractivity contribution in [2.24, 2.45) is 0 Å². The van der Waals surface area contributed by atoms with Crippen molar-refractivity contribution in [1.29, 1.82) is 0 Å². The number of carbonyl (C=O) groups is 3. The summed E-state index contributed by atoms with van der Waals surface area (Å²) in [4.78, 5) is 37.2. The average Bonchev–Trinajstić information content (AvgIpc) is 3.40. The molecule has 0 saturated carbocycles. The molecule has 3 N–H and O–H groups in total. The number of aliphatic carboxylic acids is 1. The van der Waals surface area contributed by atoms with Crippen molar-refractivity contribution in [2.75, 3.05) is 31.1 Å². The van der Waals surface area contributed by atoms with Crippen molar-refractivity contribution in [2.45, 2.75) is 46.1 Å². The van der Waals surface area contributed by atoms with E-state index in [4.69, 9.17) is 9.84 Å². The molecule has 0 spiro atoms. The number of urea groups is 1. The molecule has 0 bridgehead atoms. The van der Waals surface area contributed by atoms with E-state index in [0.717, 1.165) is 46.5 Å². The first-order valence-corrected chi connectivity index (χ1v) is 13.2. The van der Waals surface area contributed by atoms with Gasteiger partial charge in [0.25, 0.3) is 0 Å². The van der Waals surface area contributed by atoms with Gasteiger partial charge in [-0.3, -0.25) is 14.3 Å². The molecule has 10 heteroatoms. The molecule has 2 heterocycles. The Hall–Kier alpha value is -4.34. The summed E-state index contributed by atoms with van der Waals surface area (Å²) in [6, 6.07) is 11.5. The summed E-state index contributed by atoms with van der Waals surface area (Å²) in [5, 5.41) is 17.9. The number of hydrogen-bond acceptors (Lipinski definition) is 5. The van der Waals surface area contributed by atoms with Crippen molar-refractivity contribution in [3.8, 4) is 16.9 Å². The molecule has 39 heavy (non-hydrogen) atoms. The van der Waals surface area contributed by atoms with Crippen molar-refractivity contribution in [3.63, 3.8) is 0 Å². The van der Waals surface area contributed by atoms with Crippen LogP contribution in [0.4, 0.5) is 10.5 Å². The maximum atomic E-state index is 13.2. The van der Waals surface area contributed by atoms with Crippen molar-refractivity contribution < 1.29 is 24.2 Å². The number of benzene rings is 2. The second-order valence-corrected chi connectivity index (χ2v) is 9.60. The van der Waals surface area contributed by atoms with Crippen LogP contribution in [0.5, 0.6) is 5.75 Å².